The molecule has 0 spiro atoms. The molecule has 0 aliphatic heterocycles. The minimum absolute atomic E-state index is 0.513. The van der Waals surface area contributed by atoms with Crippen molar-refractivity contribution >= 4 is 15.9 Å². The number of hydrogen-bond donors (Lipinski definition) is 1. The summed E-state index contributed by atoms with van der Waals surface area (Å²) in [5.74, 6) is 1.26. The molecule has 0 bridgehead atoms. The van der Waals surface area contributed by atoms with E-state index in [1.54, 1.807) is 0 Å². The summed E-state index contributed by atoms with van der Waals surface area (Å²) in [7, 11) is 0. The molecule has 1 aliphatic rings. The van der Waals surface area contributed by atoms with Crippen LogP contribution in [0.15, 0.2) is 28.7 Å². The van der Waals surface area contributed by atoms with Crippen molar-refractivity contribution in [1.82, 2.24) is 0 Å². The molecule has 0 aromatic heterocycles. The Bertz CT molecular complexity index is 378. The summed E-state index contributed by atoms with van der Waals surface area (Å²) in [6, 6.07) is 8.21. The van der Waals surface area contributed by atoms with Gasteiger partial charge in [0, 0.05) is 10.9 Å². The average molecular weight is 297 g/mol. The van der Waals surface area contributed by atoms with Crippen LogP contribution in [0, 0.1) is 11.8 Å². The Morgan fingerprint density at radius 3 is 2.41 bits per heavy atom. The largest absolute Gasteiger partial charge is 0.390 e. The van der Waals surface area contributed by atoms with Crippen LogP contribution in [0.5, 0.6) is 0 Å². The van der Waals surface area contributed by atoms with E-state index in [1.165, 1.54) is 12.0 Å². The van der Waals surface area contributed by atoms with Crippen LogP contribution in [0.4, 0.5) is 0 Å². The van der Waals surface area contributed by atoms with Gasteiger partial charge < -0.3 is 5.11 Å². The van der Waals surface area contributed by atoms with Crippen molar-refractivity contribution < 1.29 is 5.11 Å². The maximum atomic E-state index is 10.8. The minimum atomic E-state index is -0.513. The standard InChI is InChI=1S/C15H21BrO/c1-11-7-12(2)9-15(17,8-11)10-13-5-3-4-6-14(13)16/h3-6,11-12,17H,7-10H2,1-2H3. The highest BCUT2D eigenvalue weighted by molar-refractivity contribution is 9.10. The topological polar surface area (TPSA) is 20.2 Å². The van der Waals surface area contributed by atoms with Gasteiger partial charge in [-0.3, -0.25) is 0 Å². The molecule has 0 radical (unpaired) electrons. The second-order valence-corrected chi connectivity index (χ2v) is 6.70. The fourth-order valence-electron chi connectivity index (χ4n) is 3.37. The molecule has 1 nitrogen and oxygen atoms in total. The lowest BCUT2D eigenvalue weighted by Gasteiger charge is -2.39. The fourth-order valence-corrected chi connectivity index (χ4v) is 3.80. The van der Waals surface area contributed by atoms with Crippen LogP contribution in [-0.2, 0) is 6.42 Å². The van der Waals surface area contributed by atoms with Gasteiger partial charge in [-0.25, -0.2) is 0 Å². The van der Waals surface area contributed by atoms with Crippen LogP contribution in [0.1, 0.15) is 38.7 Å². The summed E-state index contributed by atoms with van der Waals surface area (Å²) in [4.78, 5) is 0. The molecular weight excluding hydrogens is 276 g/mol. The number of aliphatic hydroxyl groups is 1. The molecule has 1 N–H and O–H groups in total. The molecular formula is C15H21BrO. The predicted molar refractivity (Wildman–Crippen MR) is 75.0 cm³/mol. The summed E-state index contributed by atoms with van der Waals surface area (Å²) in [6.45, 7) is 4.50. The molecule has 2 unspecified atom stereocenters. The molecule has 2 rings (SSSR count). The summed E-state index contributed by atoms with van der Waals surface area (Å²) >= 11 is 3.57. The third-order valence-corrected chi connectivity index (χ3v) is 4.51. The number of halogens is 1. The van der Waals surface area contributed by atoms with Gasteiger partial charge in [0.25, 0.3) is 0 Å². The Morgan fingerprint density at radius 2 is 1.82 bits per heavy atom. The zero-order chi connectivity index (χ0) is 12.5. The van der Waals surface area contributed by atoms with E-state index >= 15 is 0 Å². The Balaban J connectivity index is 2.14. The molecule has 94 valence electrons. The molecule has 1 aromatic carbocycles. The van der Waals surface area contributed by atoms with E-state index in [0.29, 0.717) is 11.8 Å². The summed E-state index contributed by atoms with van der Waals surface area (Å²) in [5, 5.41) is 10.8. The molecule has 2 heteroatoms. The number of benzene rings is 1. The second kappa shape index (κ2) is 5.11. The fraction of sp³-hybridized carbons (Fsp3) is 0.600. The van der Waals surface area contributed by atoms with Gasteiger partial charge in [-0.05, 0) is 42.7 Å². The van der Waals surface area contributed by atoms with Crippen molar-refractivity contribution in [1.29, 1.82) is 0 Å². The van der Waals surface area contributed by atoms with E-state index in [0.717, 1.165) is 23.7 Å². The van der Waals surface area contributed by atoms with Crippen molar-refractivity contribution in [3.8, 4) is 0 Å². The van der Waals surface area contributed by atoms with Crippen molar-refractivity contribution in [2.24, 2.45) is 11.8 Å². The first-order valence-electron chi connectivity index (χ1n) is 6.44. The molecule has 17 heavy (non-hydrogen) atoms. The smallest absolute Gasteiger partial charge is 0.0693 e. The summed E-state index contributed by atoms with van der Waals surface area (Å²) in [6.07, 6.45) is 3.87. The molecule has 1 aromatic rings. The zero-order valence-corrected chi connectivity index (χ0v) is 12.2. The lowest BCUT2D eigenvalue weighted by Crippen LogP contribution is -2.39. The quantitative estimate of drug-likeness (QED) is 0.868. The normalized spacial score (nSPS) is 33.6. The molecule has 0 amide bonds. The van der Waals surface area contributed by atoms with E-state index in [2.05, 4.69) is 35.8 Å². The van der Waals surface area contributed by atoms with Crippen LogP contribution in [0.2, 0.25) is 0 Å². The van der Waals surface area contributed by atoms with Gasteiger partial charge in [0.2, 0.25) is 0 Å². The van der Waals surface area contributed by atoms with Crippen molar-refractivity contribution in [2.75, 3.05) is 0 Å². The van der Waals surface area contributed by atoms with Crippen LogP contribution in [0.25, 0.3) is 0 Å². The molecule has 1 saturated carbocycles. The first-order chi connectivity index (χ1) is 7.98. The first-order valence-corrected chi connectivity index (χ1v) is 7.23. The van der Waals surface area contributed by atoms with Gasteiger partial charge in [-0.2, -0.15) is 0 Å². The van der Waals surface area contributed by atoms with Crippen molar-refractivity contribution in [2.45, 2.75) is 45.1 Å². The third kappa shape index (κ3) is 3.32. The first kappa shape index (κ1) is 13.1. The SMILES string of the molecule is CC1CC(C)CC(O)(Cc2ccccc2Br)C1. The van der Waals surface area contributed by atoms with Gasteiger partial charge in [0.05, 0.1) is 5.60 Å². The van der Waals surface area contributed by atoms with Gasteiger partial charge in [-0.15, -0.1) is 0 Å². The van der Waals surface area contributed by atoms with E-state index < -0.39 is 5.60 Å². The maximum absolute atomic E-state index is 10.8. The lowest BCUT2D eigenvalue weighted by atomic mass is 9.71. The highest BCUT2D eigenvalue weighted by atomic mass is 79.9. The zero-order valence-electron chi connectivity index (χ0n) is 10.6. The van der Waals surface area contributed by atoms with Gasteiger partial charge in [-0.1, -0.05) is 48.0 Å². The molecule has 1 fully saturated rings. The van der Waals surface area contributed by atoms with Crippen molar-refractivity contribution in [3.63, 3.8) is 0 Å². The highest BCUT2D eigenvalue weighted by Crippen LogP contribution is 2.38. The second-order valence-electron chi connectivity index (χ2n) is 5.85. The van der Waals surface area contributed by atoms with E-state index in [-0.39, 0.29) is 0 Å². The monoisotopic (exact) mass is 296 g/mol. The Kier molecular flexibility index (Phi) is 3.94. The van der Waals surface area contributed by atoms with E-state index in [4.69, 9.17) is 0 Å². The number of hydrogen-bond acceptors (Lipinski definition) is 1. The Morgan fingerprint density at radius 1 is 1.24 bits per heavy atom. The summed E-state index contributed by atoms with van der Waals surface area (Å²) in [5.41, 5.74) is 0.706. The minimum Gasteiger partial charge on any atom is -0.390 e. The highest BCUT2D eigenvalue weighted by Gasteiger charge is 2.36. The predicted octanol–water partition coefficient (Wildman–Crippen LogP) is 4.18. The van der Waals surface area contributed by atoms with Crippen LogP contribution < -0.4 is 0 Å². The maximum Gasteiger partial charge on any atom is 0.0693 e. The van der Waals surface area contributed by atoms with Gasteiger partial charge in [0.15, 0.2) is 0 Å². The van der Waals surface area contributed by atoms with Crippen LogP contribution >= 0.6 is 15.9 Å². The van der Waals surface area contributed by atoms with E-state index in [1.807, 2.05) is 18.2 Å². The van der Waals surface area contributed by atoms with E-state index in [9.17, 15) is 5.11 Å². The number of rotatable bonds is 2. The van der Waals surface area contributed by atoms with Crippen molar-refractivity contribution in [3.05, 3.63) is 34.3 Å². The molecule has 0 heterocycles. The Hall–Kier alpha value is -0.340. The molecule has 2 atom stereocenters. The lowest BCUT2D eigenvalue weighted by molar-refractivity contribution is -0.0305. The van der Waals surface area contributed by atoms with Gasteiger partial charge >= 0.3 is 0 Å². The Labute approximate surface area is 112 Å². The van der Waals surface area contributed by atoms with Crippen LogP contribution in [-0.4, -0.2) is 10.7 Å². The average Bonchev–Trinajstić information content (AvgIpc) is 2.19. The summed E-state index contributed by atoms with van der Waals surface area (Å²) < 4.78 is 1.11. The molecule has 0 saturated heterocycles. The third-order valence-electron chi connectivity index (χ3n) is 3.74. The van der Waals surface area contributed by atoms with Gasteiger partial charge in [0.1, 0.15) is 0 Å². The van der Waals surface area contributed by atoms with Crippen LogP contribution in [0.3, 0.4) is 0 Å². The molecule has 1 aliphatic carbocycles.